The minimum atomic E-state index is -1.63. The number of rotatable bonds is 6. The van der Waals surface area contributed by atoms with Crippen LogP contribution in [0, 0.1) is 0 Å². The second-order valence-corrected chi connectivity index (χ2v) is 7.54. The predicted octanol–water partition coefficient (Wildman–Crippen LogP) is -6.89. The number of amides is 3. The molecule has 3 rings (SSSR count). The van der Waals surface area contributed by atoms with Crippen LogP contribution in [0.15, 0.2) is 4.99 Å². The van der Waals surface area contributed by atoms with E-state index in [4.69, 9.17) is 26.0 Å². The quantitative estimate of drug-likeness (QED) is 0.177. The summed E-state index contributed by atoms with van der Waals surface area (Å²) in [6.45, 7) is -1.33. The Balaban J connectivity index is 1.82. The molecule has 0 saturated carbocycles. The molecule has 0 spiro atoms. The predicted molar refractivity (Wildman–Crippen MR) is 104 cm³/mol. The van der Waals surface area contributed by atoms with E-state index < -0.39 is 85.9 Å². The first-order valence-electron chi connectivity index (χ1n) is 9.80. The van der Waals surface area contributed by atoms with E-state index in [1.165, 1.54) is 0 Å². The Bertz CT molecular complexity index is 768. The number of ether oxygens (including phenoxy) is 2. The SMILES string of the molecule is NC(=O)O[C@H]1[C@H](O)[C@@H](NC(=O)[C@@H](N)CO)[C@H](NC2=N[C@@H]3C(=O)NC[C@@H](O)[C@H]3N2)O[C@@H]1CO. The second kappa shape index (κ2) is 9.80. The van der Waals surface area contributed by atoms with Crippen LogP contribution in [0.3, 0.4) is 0 Å². The minimum absolute atomic E-state index is 0.0185. The fourth-order valence-electron chi connectivity index (χ4n) is 3.69. The molecule has 16 nitrogen and oxygen atoms in total. The summed E-state index contributed by atoms with van der Waals surface area (Å²) in [5, 5.41) is 50.1. The van der Waals surface area contributed by atoms with Gasteiger partial charge in [0.25, 0.3) is 0 Å². The molecule has 3 aliphatic heterocycles. The maximum absolute atomic E-state index is 12.2. The van der Waals surface area contributed by atoms with Crippen LogP contribution in [-0.4, -0.2) is 119 Å². The van der Waals surface area contributed by atoms with Gasteiger partial charge < -0.3 is 62.6 Å². The molecule has 2 fully saturated rings. The third kappa shape index (κ3) is 4.84. The summed E-state index contributed by atoms with van der Waals surface area (Å²) in [5.74, 6) is -1.24. The molecular weight excluding hydrogens is 434 g/mol. The highest BCUT2D eigenvalue weighted by atomic mass is 16.6. The first-order chi connectivity index (χ1) is 15.2. The number of nitrogens with two attached hydrogens (primary N) is 2. The van der Waals surface area contributed by atoms with E-state index in [0.29, 0.717) is 0 Å². The second-order valence-electron chi connectivity index (χ2n) is 7.54. The van der Waals surface area contributed by atoms with Crippen molar-refractivity contribution in [2.24, 2.45) is 16.5 Å². The topological polar surface area (TPSA) is 263 Å². The highest BCUT2D eigenvalue weighted by molar-refractivity contribution is 5.92. The van der Waals surface area contributed by atoms with E-state index in [9.17, 15) is 29.7 Å². The molecule has 3 heterocycles. The Hall–Kier alpha value is -2.76. The lowest BCUT2D eigenvalue weighted by molar-refractivity contribution is -0.198. The van der Waals surface area contributed by atoms with Crippen molar-refractivity contribution in [1.82, 2.24) is 21.3 Å². The van der Waals surface area contributed by atoms with Crippen LogP contribution in [0.2, 0.25) is 0 Å². The van der Waals surface area contributed by atoms with Gasteiger partial charge in [-0.3, -0.25) is 9.59 Å². The zero-order chi connectivity index (χ0) is 23.6. The van der Waals surface area contributed by atoms with Crippen molar-refractivity contribution < 1.29 is 44.3 Å². The fraction of sp³-hybridized carbons (Fsp3) is 0.750. The number of aliphatic hydroxyl groups excluding tert-OH is 4. The molecule has 0 aliphatic carbocycles. The molecule has 0 radical (unpaired) electrons. The molecule has 0 aromatic rings. The van der Waals surface area contributed by atoms with E-state index in [-0.39, 0.29) is 12.5 Å². The number of hydrogen-bond acceptors (Lipinski definition) is 13. The smallest absolute Gasteiger partial charge is 0.404 e. The Morgan fingerprint density at radius 2 is 2.06 bits per heavy atom. The molecule has 0 aromatic heterocycles. The van der Waals surface area contributed by atoms with Gasteiger partial charge >= 0.3 is 6.09 Å². The Kier molecular flexibility index (Phi) is 7.32. The highest BCUT2D eigenvalue weighted by Gasteiger charge is 2.49. The third-order valence-electron chi connectivity index (χ3n) is 5.35. The van der Waals surface area contributed by atoms with E-state index in [1.807, 2.05) is 0 Å². The summed E-state index contributed by atoms with van der Waals surface area (Å²) in [5.41, 5.74) is 10.5. The molecule has 0 unspecified atom stereocenters. The lowest BCUT2D eigenvalue weighted by Crippen LogP contribution is -2.70. The van der Waals surface area contributed by atoms with Crippen LogP contribution >= 0.6 is 0 Å². The van der Waals surface area contributed by atoms with Crippen LogP contribution in [0.4, 0.5) is 4.79 Å². The molecule has 180 valence electrons. The van der Waals surface area contributed by atoms with Gasteiger partial charge in [0.05, 0.1) is 25.4 Å². The van der Waals surface area contributed by atoms with Gasteiger partial charge in [-0.25, -0.2) is 9.79 Å². The van der Waals surface area contributed by atoms with Crippen molar-refractivity contribution in [1.29, 1.82) is 0 Å². The Morgan fingerprint density at radius 1 is 1.34 bits per heavy atom. The zero-order valence-electron chi connectivity index (χ0n) is 16.7. The fourth-order valence-corrected chi connectivity index (χ4v) is 3.69. The molecule has 0 aromatic carbocycles. The van der Waals surface area contributed by atoms with Crippen LogP contribution < -0.4 is 32.7 Å². The summed E-state index contributed by atoms with van der Waals surface area (Å²) in [6, 6.07) is -4.28. The molecule has 3 aliphatic rings. The van der Waals surface area contributed by atoms with Crippen molar-refractivity contribution in [3.63, 3.8) is 0 Å². The average Bonchev–Trinajstić information content (AvgIpc) is 3.19. The number of fused-ring (bicyclic) bond motifs is 1. The van der Waals surface area contributed by atoms with E-state index >= 15 is 0 Å². The van der Waals surface area contributed by atoms with E-state index in [1.54, 1.807) is 0 Å². The lowest BCUT2D eigenvalue weighted by atomic mass is 9.95. The van der Waals surface area contributed by atoms with Crippen LogP contribution in [0.1, 0.15) is 0 Å². The van der Waals surface area contributed by atoms with Crippen LogP contribution in [0.25, 0.3) is 0 Å². The maximum Gasteiger partial charge on any atom is 0.404 e. The number of guanidine groups is 1. The first-order valence-corrected chi connectivity index (χ1v) is 9.80. The lowest BCUT2D eigenvalue weighted by Gasteiger charge is -2.44. The van der Waals surface area contributed by atoms with Gasteiger partial charge in [-0.15, -0.1) is 0 Å². The van der Waals surface area contributed by atoms with Gasteiger partial charge in [0.2, 0.25) is 11.8 Å². The van der Waals surface area contributed by atoms with Crippen molar-refractivity contribution in [2.45, 2.75) is 54.8 Å². The third-order valence-corrected chi connectivity index (χ3v) is 5.35. The van der Waals surface area contributed by atoms with Crippen molar-refractivity contribution in [2.75, 3.05) is 19.8 Å². The molecule has 9 atom stereocenters. The Morgan fingerprint density at radius 3 is 2.66 bits per heavy atom. The van der Waals surface area contributed by atoms with E-state index in [0.717, 1.165) is 0 Å². The number of β-amino-alcohol motifs (C(OH)–C–C–N with tert-alkyl or cyclic N) is 1. The van der Waals surface area contributed by atoms with Gasteiger partial charge in [-0.05, 0) is 0 Å². The van der Waals surface area contributed by atoms with Gasteiger partial charge in [-0.2, -0.15) is 0 Å². The molecule has 3 amide bonds. The molecule has 12 N–H and O–H groups in total. The van der Waals surface area contributed by atoms with Gasteiger partial charge in [-0.1, -0.05) is 0 Å². The number of aliphatic hydroxyl groups is 4. The number of piperidine rings is 1. The number of carbonyl (C=O) groups excluding carboxylic acids is 3. The minimum Gasteiger partial charge on any atom is -0.441 e. The number of nitrogens with zero attached hydrogens (tertiary/aromatic N) is 1. The average molecular weight is 461 g/mol. The van der Waals surface area contributed by atoms with Crippen LogP contribution in [0.5, 0.6) is 0 Å². The summed E-state index contributed by atoms with van der Waals surface area (Å²) in [7, 11) is 0. The number of primary amides is 1. The molecule has 32 heavy (non-hydrogen) atoms. The van der Waals surface area contributed by atoms with Crippen LogP contribution in [-0.2, 0) is 19.1 Å². The Labute approximate surface area is 181 Å². The summed E-state index contributed by atoms with van der Waals surface area (Å²) >= 11 is 0. The van der Waals surface area contributed by atoms with E-state index in [2.05, 4.69) is 26.3 Å². The standard InChI is InChI=1S/C16H27N7O9/c17-4(2-24)12(28)20-9-10(27)11(32-15(18)30)6(3-25)31-14(9)23-16-21-7-5(26)1-19-13(29)8(7)22-16/h4-11,14,24-27H,1-3,17H2,(H2,18,30)(H,19,29)(H,20,28)(H2,21,22,23)/t4-,5+,6+,7+,8-,9+,10+,11+,14+/m0/s1. The normalized spacial score (nSPS) is 37.3. The first kappa shape index (κ1) is 23.9. The van der Waals surface area contributed by atoms with Gasteiger partial charge in [0.1, 0.15) is 24.3 Å². The molecule has 2 saturated heterocycles. The van der Waals surface area contributed by atoms with Crippen molar-refractivity contribution in [3.8, 4) is 0 Å². The largest absolute Gasteiger partial charge is 0.441 e. The van der Waals surface area contributed by atoms with Gasteiger partial charge in [0.15, 0.2) is 24.3 Å². The number of carbonyl (C=O) groups is 3. The zero-order valence-corrected chi connectivity index (χ0v) is 16.7. The van der Waals surface area contributed by atoms with Gasteiger partial charge in [0, 0.05) is 6.54 Å². The summed E-state index contributed by atoms with van der Waals surface area (Å²) in [4.78, 5) is 39.6. The summed E-state index contributed by atoms with van der Waals surface area (Å²) < 4.78 is 10.5. The van der Waals surface area contributed by atoms with Crippen molar-refractivity contribution in [3.05, 3.63) is 0 Å². The maximum atomic E-state index is 12.2. The number of hydrogen-bond donors (Lipinski definition) is 10. The molecular formula is C16H27N7O9. The molecule has 0 bridgehead atoms. The highest BCUT2D eigenvalue weighted by Crippen LogP contribution is 2.24. The monoisotopic (exact) mass is 461 g/mol. The summed E-state index contributed by atoms with van der Waals surface area (Å²) in [6.07, 6.45) is -7.75. The number of nitrogens with one attached hydrogen (secondary N) is 4. The molecule has 16 heteroatoms. The number of aliphatic imine (C=N–C) groups is 1. The van der Waals surface area contributed by atoms with Crippen molar-refractivity contribution >= 4 is 23.9 Å².